The summed E-state index contributed by atoms with van der Waals surface area (Å²) in [4.78, 5) is 35.9. The van der Waals surface area contributed by atoms with Gasteiger partial charge in [0.05, 0.1) is 16.7 Å². The molecule has 2 amide bonds. The van der Waals surface area contributed by atoms with Gasteiger partial charge in [0.25, 0.3) is 17.5 Å². The molecule has 34 heavy (non-hydrogen) atoms. The molecule has 3 rings (SSSR count). The highest BCUT2D eigenvalue weighted by Gasteiger charge is 2.24. The summed E-state index contributed by atoms with van der Waals surface area (Å²) < 4.78 is 5.60. The minimum absolute atomic E-state index is 0.190. The molecule has 0 bridgehead atoms. The third kappa shape index (κ3) is 6.08. The molecule has 176 valence electrons. The molecule has 0 saturated carbocycles. The van der Waals surface area contributed by atoms with Crippen molar-refractivity contribution in [3.63, 3.8) is 0 Å². The van der Waals surface area contributed by atoms with Gasteiger partial charge in [0.15, 0.2) is 0 Å². The van der Waals surface area contributed by atoms with Gasteiger partial charge in [0.1, 0.15) is 17.6 Å². The second-order valence-corrected chi connectivity index (χ2v) is 8.35. The third-order valence-corrected chi connectivity index (χ3v) is 5.20. The van der Waals surface area contributed by atoms with Crippen molar-refractivity contribution in [1.82, 2.24) is 10.7 Å². The summed E-state index contributed by atoms with van der Waals surface area (Å²) in [5.74, 6) is -0.527. The fourth-order valence-corrected chi connectivity index (χ4v) is 3.29. The molecule has 1 heterocycles. The summed E-state index contributed by atoms with van der Waals surface area (Å²) in [5.41, 5.74) is 3.94. The SMILES string of the molecule is Cc1ccc(C(=O)NC(C(=O)N/N=C\c2ccc(-c3ccc(Cl)cc3[N+](=O)[O-])o2)C(C)C)cc1. The second-order valence-electron chi connectivity index (χ2n) is 7.92. The van der Waals surface area contributed by atoms with Gasteiger partial charge in [-0.25, -0.2) is 5.43 Å². The van der Waals surface area contributed by atoms with E-state index in [0.29, 0.717) is 5.56 Å². The number of nitrogens with one attached hydrogen (secondary N) is 2. The number of hydrogen-bond donors (Lipinski definition) is 2. The Kier molecular flexibility index (Phi) is 7.80. The monoisotopic (exact) mass is 482 g/mol. The van der Waals surface area contributed by atoms with Crippen molar-refractivity contribution in [2.45, 2.75) is 26.8 Å². The van der Waals surface area contributed by atoms with Crippen LogP contribution in [-0.4, -0.2) is 29.0 Å². The van der Waals surface area contributed by atoms with E-state index in [-0.39, 0.29) is 39.6 Å². The average Bonchev–Trinajstić information content (AvgIpc) is 3.26. The van der Waals surface area contributed by atoms with Gasteiger partial charge in [0, 0.05) is 16.7 Å². The van der Waals surface area contributed by atoms with Gasteiger partial charge in [-0.1, -0.05) is 43.1 Å². The number of halogens is 1. The Hall–Kier alpha value is -3.98. The normalized spacial score (nSPS) is 12.0. The molecule has 0 spiro atoms. The molecule has 1 aromatic heterocycles. The maximum Gasteiger partial charge on any atom is 0.281 e. The van der Waals surface area contributed by atoms with Crippen LogP contribution < -0.4 is 10.7 Å². The van der Waals surface area contributed by atoms with Crippen molar-refractivity contribution >= 4 is 35.3 Å². The predicted octanol–water partition coefficient (Wildman–Crippen LogP) is 4.72. The van der Waals surface area contributed by atoms with E-state index >= 15 is 0 Å². The fourth-order valence-electron chi connectivity index (χ4n) is 3.12. The van der Waals surface area contributed by atoms with Gasteiger partial charge in [-0.15, -0.1) is 0 Å². The van der Waals surface area contributed by atoms with Crippen LogP contribution in [0.2, 0.25) is 5.02 Å². The number of carbonyl (C=O) groups excluding carboxylic acids is 2. The number of aryl methyl sites for hydroxylation is 1. The van der Waals surface area contributed by atoms with Gasteiger partial charge in [0.2, 0.25) is 0 Å². The van der Waals surface area contributed by atoms with Crippen molar-refractivity contribution in [3.05, 3.63) is 86.6 Å². The Bertz CT molecular complexity index is 1230. The lowest BCUT2D eigenvalue weighted by Gasteiger charge is -2.20. The lowest BCUT2D eigenvalue weighted by molar-refractivity contribution is -0.384. The summed E-state index contributed by atoms with van der Waals surface area (Å²) in [6, 6.07) is 13.6. The number of furan rings is 1. The van der Waals surface area contributed by atoms with Gasteiger partial charge in [-0.3, -0.25) is 19.7 Å². The van der Waals surface area contributed by atoms with Crippen LogP contribution in [0.4, 0.5) is 5.69 Å². The van der Waals surface area contributed by atoms with Crippen LogP contribution in [0, 0.1) is 23.0 Å². The molecule has 9 nitrogen and oxygen atoms in total. The summed E-state index contributed by atoms with van der Waals surface area (Å²) in [6.07, 6.45) is 1.27. The lowest BCUT2D eigenvalue weighted by atomic mass is 10.0. The highest BCUT2D eigenvalue weighted by atomic mass is 35.5. The average molecular weight is 483 g/mol. The Morgan fingerprint density at radius 3 is 2.47 bits per heavy atom. The number of carbonyl (C=O) groups is 2. The molecule has 2 N–H and O–H groups in total. The van der Waals surface area contributed by atoms with E-state index in [1.54, 1.807) is 38.1 Å². The van der Waals surface area contributed by atoms with Crippen LogP contribution >= 0.6 is 11.6 Å². The van der Waals surface area contributed by atoms with Crippen LogP contribution in [0.5, 0.6) is 0 Å². The number of nitro benzene ring substituents is 1. The molecule has 1 atom stereocenters. The standard InChI is InChI=1S/C24H23ClN4O5/c1-14(2)22(27-23(30)16-6-4-15(3)5-7-16)24(31)28-26-13-18-9-11-21(34-18)19-10-8-17(25)12-20(19)29(32)33/h4-14,22H,1-3H3,(H,27,30)(H,28,31)/b26-13-. The number of hydrazone groups is 1. The zero-order valence-corrected chi connectivity index (χ0v) is 19.5. The molecule has 0 saturated heterocycles. The van der Waals surface area contributed by atoms with Gasteiger partial charge < -0.3 is 9.73 Å². The summed E-state index contributed by atoms with van der Waals surface area (Å²) >= 11 is 5.85. The van der Waals surface area contributed by atoms with Crippen molar-refractivity contribution in [2.75, 3.05) is 0 Å². The van der Waals surface area contributed by atoms with Crippen molar-refractivity contribution in [2.24, 2.45) is 11.0 Å². The first kappa shape index (κ1) is 24.7. The first-order valence-corrected chi connectivity index (χ1v) is 10.8. The summed E-state index contributed by atoms with van der Waals surface area (Å²) in [5, 5.41) is 18.2. The van der Waals surface area contributed by atoms with Gasteiger partial charge in [-0.05, 0) is 49.2 Å². The molecule has 1 unspecified atom stereocenters. The van der Waals surface area contributed by atoms with Gasteiger partial charge in [-0.2, -0.15) is 5.10 Å². The summed E-state index contributed by atoms with van der Waals surface area (Å²) in [6.45, 7) is 5.53. The quantitative estimate of drug-likeness (QED) is 0.273. The minimum atomic E-state index is -0.810. The van der Waals surface area contributed by atoms with E-state index in [1.165, 1.54) is 24.4 Å². The van der Waals surface area contributed by atoms with Crippen molar-refractivity contribution in [1.29, 1.82) is 0 Å². The van der Waals surface area contributed by atoms with E-state index in [0.717, 1.165) is 5.56 Å². The molecule has 3 aromatic rings. The zero-order valence-electron chi connectivity index (χ0n) is 18.7. The van der Waals surface area contributed by atoms with Crippen molar-refractivity contribution in [3.8, 4) is 11.3 Å². The van der Waals surface area contributed by atoms with Gasteiger partial charge >= 0.3 is 0 Å². The van der Waals surface area contributed by atoms with E-state index < -0.39 is 16.9 Å². The predicted molar refractivity (Wildman–Crippen MR) is 129 cm³/mol. The van der Waals surface area contributed by atoms with E-state index in [1.807, 2.05) is 19.1 Å². The Morgan fingerprint density at radius 2 is 1.82 bits per heavy atom. The molecule has 2 aromatic carbocycles. The molecular formula is C24H23ClN4O5. The number of rotatable bonds is 8. The molecule has 0 radical (unpaired) electrons. The largest absolute Gasteiger partial charge is 0.455 e. The smallest absolute Gasteiger partial charge is 0.281 e. The Labute approximate surface area is 201 Å². The number of amides is 2. The Balaban J connectivity index is 1.67. The molecule has 0 aliphatic heterocycles. The molecule has 0 aliphatic carbocycles. The number of nitro groups is 1. The number of benzene rings is 2. The first-order chi connectivity index (χ1) is 16.2. The maximum atomic E-state index is 12.6. The second kappa shape index (κ2) is 10.8. The first-order valence-electron chi connectivity index (χ1n) is 10.4. The van der Waals surface area contributed by atoms with E-state index in [2.05, 4.69) is 15.8 Å². The molecule has 0 fully saturated rings. The fraction of sp³-hybridized carbons (Fsp3) is 0.208. The number of hydrogen-bond acceptors (Lipinski definition) is 6. The topological polar surface area (TPSA) is 127 Å². The number of nitrogens with zero attached hydrogens (tertiary/aromatic N) is 2. The van der Waals surface area contributed by atoms with Crippen LogP contribution in [0.15, 0.2) is 64.1 Å². The van der Waals surface area contributed by atoms with Crippen LogP contribution in [0.3, 0.4) is 0 Å². The zero-order chi connectivity index (χ0) is 24.8. The third-order valence-electron chi connectivity index (χ3n) is 4.96. The highest BCUT2D eigenvalue weighted by molar-refractivity contribution is 6.30. The van der Waals surface area contributed by atoms with E-state index in [9.17, 15) is 19.7 Å². The summed E-state index contributed by atoms with van der Waals surface area (Å²) in [7, 11) is 0. The van der Waals surface area contributed by atoms with E-state index in [4.69, 9.17) is 16.0 Å². The molecule has 10 heteroatoms. The van der Waals surface area contributed by atoms with Crippen LogP contribution in [0.25, 0.3) is 11.3 Å². The van der Waals surface area contributed by atoms with Crippen LogP contribution in [0.1, 0.15) is 35.5 Å². The lowest BCUT2D eigenvalue weighted by Crippen LogP contribution is -2.48. The highest BCUT2D eigenvalue weighted by Crippen LogP contribution is 2.33. The molecular weight excluding hydrogens is 460 g/mol. The van der Waals surface area contributed by atoms with Crippen LogP contribution in [-0.2, 0) is 4.79 Å². The van der Waals surface area contributed by atoms with Crippen molar-refractivity contribution < 1.29 is 18.9 Å². The minimum Gasteiger partial charge on any atom is -0.455 e. The Morgan fingerprint density at radius 1 is 1.12 bits per heavy atom. The molecule has 0 aliphatic rings. The maximum absolute atomic E-state index is 12.6.